The van der Waals surface area contributed by atoms with Gasteiger partial charge in [0.2, 0.25) is 0 Å². The zero-order valence-corrected chi connectivity index (χ0v) is 17.4. The summed E-state index contributed by atoms with van der Waals surface area (Å²) < 4.78 is 40.6. The van der Waals surface area contributed by atoms with E-state index in [0.717, 1.165) is 11.1 Å². The molecule has 1 aliphatic rings. The van der Waals surface area contributed by atoms with Gasteiger partial charge >= 0.3 is 6.18 Å². The number of rotatable bonds is 3. The molecule has 2 atom stereocenters. The SMILES string of the molecule is O=c1[nH]c(=S)n(Cc2ccccc2[C@@H]2C[C@](Br)(C(F)(F)F)CCN2)c2nc[nH]c12. The number of H-pyrrole nitrogens is 2. The van der Waals surface area contributed by atoms with Crippen LogP contribution in [0.15, 0.2) is 35.4 Å². The first kappa shape index (κ1) is 20.3. The van der Waals surface area contributed by atoms with Crippen molar-refractivity contribution in [3.05, 3.63) is 56.8 Å². The molecule has 3 aromatic rings. The molecule has 3 N–H and O–H groups in total. The number of aromatic nitrogens is 4. The van der Waals surface area contributed by atoms with E-state index in [2.05, 4.69) is 36.2 Å². The van der Waals surface area contributed by atoms with E-state index >= 15 is 0 Å². The number of hydrogen-bond donors (Lipinski definition) is 3. The number of alkyl halides is 4. The standard InChI is InChI=1S/C18H17BrF3N5OS/c19-17(18(20,21)22)5-6-23-12(7-17)11-4-2-1-3-10(11)8-27-14-13(24-9-25-14)15(28)26-16(27)29/h1-4,9,12,23H,5-8H2,(H,24,25)(H,26,28,29)/t12-,17-/m0/s1. The van der Waals surface area contributed by atoms with Crippen molar-refractivity contribution in [3.8, 4) is 0 Å². The summed E-state index contributed by atoms with van der Waals surface area (Å²) in [7, 11) is 0. The molecule has 6 nitrogen and oxygen atoms in total. The van der Waals surface area contributed by atoms with Crippen molar-refractivity contribution < 1.29 is 13.2 Å². The second-order valence-corrected chi connectivity index (χ2v) is 8.97. The summed E-state index contributed by atoms with van der Waals surface area (Å²) in [5.41, 5.74) is 1.89. The van der Waals surface area contributed by atoms with Gasteiger partial charge in [-0.1, -0.05) is 40.2 Å². The molecule has 0 bridgehead atoms. The van der Waals surface area contributed by atoms with Crippen molar-refractivity contribution in [2.24, 2.45) is 0 Å². The molecule has 0 amide bonds. The molecule has 4 rings (SSSR count). The van der Waals surface area contributed by atoms with Crippen molar-refractivity contribution >= 4 is 39.3 Å². The predicted octanol–water partition coefficient (Wildman–Crippen LogP) is 3.95. The van der Waals surface area contributed by atoms with Gasteiger partial charge < -0.3 is 10.3 Å². The Morgan fingerprint density at radius 2 is 2.10 bits per heavy atom. The van der Waals surface area contributed by atoms with Gasteiger partial charge in [-0.15, -0.1) is 0 Å². The van der Waals surface area contributed by atoms with E-state index in [1.54, 1.807) is 10.6 Å². The molecule has 0 spiro atoms. The van der Waals surface area contributed by atoms with Crippen LogP contribution in [-0.2, 0) is 6.54 Å². The summed E-state index contributed by atoms with van der Waals surface area (Å²) in [5.74, 6) is 0. The zero-order valence-electron chi connectivity index (χ0n) is 15.0. The third kappa shape index (κ3) is 3.66. The molecule has 0 saturated carbocycles. The van der Waals surface area contributed by atoms with Gasteiger partial charge in [0.05, 0.1) is 12.9 Å². The highest BCUT2D eigenvalue weighted by atomic mass is 79.9. The minimum atomic E-state index is -4.34. The number of hydrogen-bond acceptors (Lipinski definition) is 4. The topological polar surface area (TPSA) is 78.5 Å². The third-order valence-electron chi connectivity index (χ3n) is 5.27. The maximum Gasteiger partial charge on any atom is 0.404 e. The van der Waals surface area contributed by atoms with E-state index in [-0.39, 0.29) is 36.3 Å². The number of piperidine rings is 1. The lowest BCUT2D eigenvalue weighted by atomic mass is 9.86. The van der Waals surface area contributed by atoms with E-state index in [9.17, 15) is 18.0 Å². The second kappa shape index (κ2) is 7.37. The Balaban J connectivity index is 1.73. The van der Waals surface area contributed by atoms with Crippen LogP contribution in [0.4, 0.5) is 13.2 Å². The minimum absolute atomic E-state index is 0.0337. The quantitative estimate of drug-likeness (QED) is 0.386. The molecule has 1 saturated heterocycles. The van der Waals surface area contributed by atoms with Crippen LogP contribution in [0.5, 0.6) is 0 Å². The van der Waals surface area contributed by atoms with Crippen molar-refractivity contribution in [2.45, 2.75) is 35.9 Å². The monoisotopic (exact) mass is 487 g/mol. The summed E-state index contributed by atoms with van der Waals surface area (Å²) in [6.45, 7) is 0.512. The van der Waals surface area contributed by atoms with Crippen LogP contribution in [0.1, 0.15) is 30.0 Å². The number of imidazole rings is 1. The van der Waals surface area contributed by atoms with Crippen LogP contribution >= 0.6 is 28.1 Å². The van der Waals surface area contributed by atoms with Gasteiger partial charge in [-0.05, 0) is 42.7 Å². The molecule has 0 radical (unpaired) electrons. The summed E-state index contributed by atoms with van der Waals surface area (Å²) in [6, 6.07) is 6.81. The molecule has 3 heterocycles. The van der Waals surface area contributed by atoms with Crippen molar-refractivity contribution in [2.75, 3.05) is 6.54 Å². The van der Waals surface area contributed by atoms with Crippen molar-refractivity contribution in [1.29, 1.82) is 0 Å². The lowest BCUT2D eigenvalue weighted by molar-refractivity contribution is -0.165. The van der Waals surface area contributed by atoms with Gasteiger partial charge in [0.15, 0.2) is 10.4 Å². The van der Waals surface area contributed by atoms with E-state index in [0.29, 0.717) is 11.2 Å². The van der Waals surface area contributed by atoms with E-state index in [1.807, 2.05) is 18.2 Å². The van der Waals surface area contributed by atoms with E-state index in [1.165, 1.54) is 6.33 Å². The Labute approximate surface area is 176 Å². The molecular weight excluding hydrogens is 471 g/mol. The number of nitrogens with one attached hydrogen (secondary N) is 3. The Morgan fingerprint density at radius 1 is 1.34 bits per heavy atom. The molecule has 29 heavy (non-hydrogen) atoms. The molecule has 154 valence electrons. The Hall–Kier alpha value is -1.98. The Morgan fingerprint density at radius 3 is 2.86 bits per heavy atom. The average molecular weight is 488 g/mol. The largest absolute Gasteiger partial charge is 0.404 e. The highest BCUT2D eigenvalue weighted by Gasteiger charge is 2.55. The summed E-state index contributed by atoms with van der Waals surface area (Å²) in [4.78, 5) is 21.6. The van der Waals surface area contributed by atoms with Gasteiger partial charge in [-0.2, -0.15) is 13.2 Å². The van der Waals surface area contributed by atoms with E-state index in [4.69, 9.17) is 12.2 Å². The first-order chi connectivity index (χ1) is 13.7. The molecular formula is C18H17BrF3N5OS. The molecule has 1 aliphatic heterocycles. The fourth-order valence-corrected chi connectivity index (χ4v) is 4.50. The van der Waals surface area contributed by atoms with Crippen LogP contribution < -0.4 is 10.9 Å². The molecule has 0 aliphatic carbocycles. The normalized spacial score (nSPS) is 22.8. The number of nitrogens with zero attached hydrogens (tertiary/aromatic N) is 2. The van der Waals surface area contributed by atoms with Gasteiger partial charge in [-0.25, -0.2) is 4.98 Å². The Bertz CT molecular complexity index is 1170. The fourth-order valence-electron chi connectivity index (χ4n) is 3.74. The molecule has 2 aromatic heterocycles. The fraction of sp³-hybridized carbons (Fsp3) is 0.389. The highest BCUT2D eigenvalue weighted by Crippen LogP contribution is 2.48. The smallest absolute Gasteiger partial charge is 0.339 e. The van der Waals surface area contributed by atoms with Crippen LogP contribution in [0.3, 0.4) is 0 Å². The van der Waals surface area contributed by atoms with Gasteiger partial charge in [0, 0.05) is 6.04 Å². The molecule has 1 fully saturated rings. The lowest BCUT2D eigenvalue weighted by Crippen LogP contribution is -2.49. The van der Waals surface area contributed by atoms with E-state index < -0.39 is 16.5 Å². The van der Waals surface area contributed by atoms with Gasteiger partial charge in [0.25, 0.3) is 5.56 Å². The first-order valence-corrected chi connectivity index (χ1v) is 10.1. The van der Waals surface area contributed by atoms with Crippen molar-refractivity contribution in [1.82, 2.24) is 24.8 Å². The maximum atomic E-state index is 13.6. The predicted molar refractivity (Wildman–Crippen MR) is 109 cm³/mol. The number of fused-ring (bicyclic) bond motifs is 1. The summed E-state index contributed by atoms with van der Waals surface area (Å²) in [6.07, 6.45) is -3.09. The lowest BCUT2D eigenvalue weighted by Gasteiger charge is -2.39. The first-order valence-electron chi connectivity index (χ1n) is 8.93. The summed E-state index contributed by atoms with van der Waals surface area (Å²) in [5, 5.41) is 3.20. The Kier molecular flexibility index (Phi) is 5.16. The van der Waals surface area contributed by atoms with Gasteiger partial charge in [-0.3, -0.25) is 14.3 Å². The number of benzene rings is 1. The maximum absolute atomic E-state index is 13.6. The minimum Gasteiger partial charge on any atom is -0.339 e. The number of aromatic amines is 2. The van der Waals surface area contributed by atoms with Crippen LogP contribution in [0.25, 0.3) is 11.2 Å². The molecule has 1 aromatic carbocycles. The third-order valence-corrected chi connectivity index (χ3v) is 6.77. The highest BCUT2D eigenvalue weighted by molar-refractivity contribution is 9.10. The van der Waals surface area contributed by atoms with Crippen LogP contribution in [0.2, 0.25) is 0 Å². The number of halogens is 4. The van der Waals surface area contributed by atoms with Gasteiger partial charge in [0.1, 0.15) is 9.84 Å². The average Bonchev–Trinajstić information content (AvgIpc) is 3.15. The van der Waals surface area contributed by atoms with Crippen LogP contribution in [0, 0.1) is 4.77 Å². The zero-order chi connectivity index (χ0) is 20.8. The molecule has 11 heteroatoms. The van der Waals surface area contributed by atoms with Crippen molar-refractivity contribution in [3.63, 3.8) is 0 Å². The summed E-state index contributed by atoms with van der Waals surface area (Å²) >= 11 is 8.25. The molecule has 0 unspecified atom stereocenters. The second-order valence-electron chi connectivity index (χ2n) is 7.07. The van der Waals surface area contributed by atoms with Crippen LogP contribution in [-0.4, -0.2) is 36.6 Å².